The van der Waals surface area contributed by atoms with E-state index in [1.54, 1.807) is 0 Å². The molecule has 23 heavy (non-hydrogen) atoms. The summed E-state index contributed by atoms with van der Waals surface area (Å²) < 4.78 is 15.6. The van der Waals surface area contributed by atoms with Gasteiger partial charge >= 0.3 is 0 Å². The standard InChI is InChI=1S/C13H24O10/c1-6-9(17)8(23-12(6,20)4-14)3-22-13(5-15)11(19)10(18)7(16)2-21-13/h6-11,14-20H,2-5H2,1H3. The van der Waals surface area contributed by atoms with Crippen LogP contribution in [0, 0.1) is 5.92 Å². The van der Waals surface area contributed by atoms with Gasteiger partial charge in [-0.05, 0) is 0 Å². The summed E-state index contributed by atoms with van der Waals surface area (Å²) in [6.45, 7) is -0.829. The summed E-state index contributed by atoms with van der Waals surface area (Å²) >= 11 is 0. The molecule has 0 bridgehead atoms. The molecule has 2 aliphatic rings. The zero-order valence-corrected chi connectivity index (χ0v) is 12.6. The van der Waals surface area contributed by atoms with Gasteiger partial charge in [0.1, 0.15) is 31.0 Å². The van der Waals surface area contributed by atoms with Crippen molar-refractivity contribution in [1.82, 2.24) is 0 Å². The van der Waals surface area contributed by atoms with Crippen molar-refractivity contribution < 1.29 is 50.0 Å². The van der Waals surface area contributed by atoms with Gasteiger partial charge < -0.3 is 50.0 Å². The second kappa shape index (κ2) is 6.84. The van der Waals surface area contributed by atoms with E-state index >= 15 is 0 Å². The Morgan fingerprint density at radius 1 is 1.09 bits per heavy atom. The first-order valence-electron chi connectivity index (χ1n) is 7.33. The summed E-state index contributed by atoms with van der Waals surface area (Å²) in [5.41, 5.74) is 0. The lowest BCUT2D eigenvalue weighted by atomic mass is 9.95. The molecule has 0 aromatic heterocycles. The zero-order valence-electron chi connectivity index (χ0n) is 12.6. The molecule has 0 amide bonds. The van der Waals surface area contributed by atoms with Crippen LogP contribution >= 0.6 is 0 Å². The highest BCUT2D eigenvalue weighted by Crippen LogP contribution is 2.35. The lowest BCUT2D eigenvalue weighted by molar-refractivity contribution is -0.356. The Morgan fingerprint density at radius 3 is 2.26 bits per heavy atom. The average Bonchev–Trinajstić information content (AvgIpc) is 2.77. The van der Waals surface area contributed by atoms with Gasteiger partial charge in [-0.25, -0.2) is 0 Å². The van der Waals surface area contributed by atoms with E-state index in [1.165, 1.54) is 6.92 Å². The predicted molar refractivity (Wildman–Crippen MR) is 71.8 cm³/mol. The molecule has 0 radical (unpaired) electrons. The van der Waals surface area contributed by atoms with Crippen molar-refractivity contribution >= 4 is 0 Å². The van der Waals surface area contributed by atoms with E-state index in [0.29, 0.717) is 0 Å². The van der Waals surface area contributed by atoms with E-state index in [9.17, 15) is 30.6 Å². The molecular weight excluding hydrogens is 316 g/mol. The molecule has 0 saturated carbocycles. The summed E-state index contributed by atoms with van der Waals surface area (Å²) in [4.78, 5) is 0. The van der Waals surface area contributed by atoms with E-state index in [0.717, 1.165) is 0 Å². The minimum atomic E-state index is -2.00. The molecule has 10 nitrogen and oxygen atoms in total. The fourth-order valence-corrected chi connectivity index (χ4v) is 2.76. The quantitative estimate of drug-likeness (QED) is 0.261. The number of hydrogen-bond donors (Lipinski definition) is 7. The maximum absolute atomic E-state index is 10.0. The smallest absolute Gasteiger partial charge is 0.221 e. The van der Waals surface area contributed by atoms with E-state index < -0.39 is 67.8 Å². The summed E-state index contributed by atoms with van der Waals surface area (Å²) in [6, 6.07) is 0. The first-order valence-corrected chi connectivity index (χ1v) is 7.33. The van der Waals surface area contributed by atoms with Crippen LogP contribution in [0.4, 0.5) is 0 Å². The summed E-state index contributed by atoms with van der Waals surface area (Å²) in [5, 5.41) is 67.8. The van der Waals surface area contributed by atoms with Gasteiger partial charge in [0.25, 0.3) is 0 Å². The van der Waals surface area contributed by atoms with Gasteiger partial charge in [0.15, 0.2) is 5.79 Å². The lowest BCUT2D eigenvalue weighted by Crippen LogP contribution is -2.64. The van der Waals surface area contributed by atoms with Crippen LogP contribution in [0.3, 0.4) is 0 Å². The molecule has 0 aliphatic carbocycles. The monoisotopic (exact) mass is 340 g/mol. The molecule has 0 spiro atoms. The SMILES string of the molecule is CC1C(O)C(COC2(CO)OCC(O)C(O)C2O)OC1(O)CO. The number of aliphatic hydroxyl groups excluding tert-OH is 6. The number of hydrogen-bond acceptors (Lipinski definition) is 10. The molecule has 0 aromatic rings. The Labute approximate surface area is 132 Å². The predicted octanol–water partition coefficient (Wildman–Crippen LogP) is -4.12. The summed E-state index contributed by atoms with van der Waals surface area (Å²) in [7, 11) is 0. The van der Waals surface area contributed by atoms with Crippen molar-refractivity contribution in [2.24, 2.45) is 5.92 Å². The van der Waals surface area contributed by atoms with Crippen LogP contribution in [0.1, 0.15) is 6.92 Å². The number of rotatable bonds is 5. The second-order valence-corrected chi connectivity index (χ2v) is 6.03. The Morgan fingerprint density at radius 2 is 1.74 bits per heavy atom. The van der Waals surface area contributed by atoms with Gasteiger partial charge in [-0.1, -0.05) is 6.92 Å². The number of aliphatic hydroxyl groups is 7. The molecular formula is C13H24O10. The van der Waals surface area contributed by atoms with E-state index in [4.69, 9.17) is 19.3 Å². The largest absolute Gasteiger partial charge is 0.391 e. The van der Waals surface area contributed by atoms with Crippen molar-refractivity contribution in [2.75, 3.05) is 26.4 Å². The van der Waals surface area contributed by atoms with Crippen molar-refractivity contribution in [3.05, 3.63) is 0 Å². The van der Waals surface area contributed by atoms with Crippen LogP contribution in [0.25, 0.3) is 0 Å². The van der Waals surface area contributed by atoms with Crippen molar-refractivity contribution in [3.63, 3.8) is 0 Å². The third-order valence-corrected chi connectivity index (χ3v) is 4.57. The summed E-state index contributed by atoms with van der Waals surface area (Å²) in [6.07, 6.45) is -6.87. The van der Waals surface area contributed by atoms with Crippen LogP contribution < -0.4 is 0 Å². The Kier molecular flexibility index (Phi) is 5.63. The van der Waals surface area contributed by atoms with Crippen LogP contribution in [0.15, 0.2) is 0 Å². The molecule has 2 aliphatic heterocycles. The highest BCUT2D eigenvalue weighted by molar-refractivity contribution is 4.95. The summed E-state index contributed by atoms with van der Waals surface area (Å²) in [5.74, 6) is -4.72. The molecule has 2 rings (SSSR count). The zero-order chi connectivity index (χ0) is 17.4. The Bertz CT molecular complexity index is 408. The Hall–Kier alpha value is -0.400. The van der Waals surface area contributed by atoms with Gasteiger partial charge in [-0.2, -0.15) is 0 Å². The van der Waals surface area contributed by atoms with Crippen LogP contribution in [0.5, 0.6) is 0 Å². The van der Waals surface area contributed by atoms with Crippen LogP contribution in [0.2, 0.25) is 0 Å². The van der Waals surface area contributed by atoms with Gasteiger partial charge in [0, 0.05) is 5.92 Å². The first kappa shape index (κ1) is 18.9. The number of ether oxygens (including phenoxy) is 3. The molecule has 0 aromatic carbocycles. The topological polar surface area (TPSA) is 169 Å². The van der Waals surface area contributed by atoms with E-state index in [2.05, 4.69) is 0 Å². The minimum Gasteiger partial charge on any atom is -0.391 e. The molecule has 7 N–H and O–H groups in total. The van der Waals surface area contributed by atoms with E-state index in [-0.39, 0.29) is 6.61 Å². The molecule has 8 unspecified atom stereocenters. The Balaban J connectivity index is 2.04. The average molecular weight is 340 g/mol. The maximum atomic E-state index is 10.0. The molecule has 10 heteroatoms. The van der Waals surface area contributed by atoms with Gasteiger partial charge in [0.05, 0.1) is 25.9 Å². The fourth-order valence-electron chi connectivity index (χ4n) is 2.76. The highest BCUT2D eigenvalue weighted by Gasteiger charge is 2.54. The third-order valence-electron chi connectivity index (χ3n) is 4.57. The molecule has 2 saturated heterocycles. The van der Waals surface area contributed by atoms with Gasteiger partial charge in [0.2, 0.25) is 5.79 Å². The first-order chi connectivity index (χ1) is 10.7. The maximum Gasteiger partial charge on any atom is 0.221 e. The van der Waals surface area contributed by atoms with Crippen molar-refractivity contribution in [3.8, 4) is 0 Å². The molecule has 136 valence electrons. The van der Waals surface area contributed by atoms with E-state index in [1.807, 2.05) is 0 Å². The fraction of sp³-hybridized carbons (Fsp3) is 1.00. The molecule has 8 atom stereocenters. The van der Waals surface area contributed by atoms with Crippen LogP contribution in [-0.2, 0) is 14.2 Å². The normalized spacial score (nSPS) is 51.1. The molecule has 2 fully saturated rings. The molecule has 2 heterocycles. The van der Waals surface area contributed by atoms with Gasteiger partial charge in [-0.15, -0.1) is 0 Å². The van der Waals surface area contributed by atoms with Gasteiger partial charge in [-0.3, -0.25) is 0 Å². The lowest BCUT2D eigenvalue weighted by Gasteiger charge is -2.44. The third kappa shape index (κ3) is 3.24. The van der Waals surface area contributed by atoms with Crippen molar-refractivity contribution in [1.29, 1.82) is 0 Å². The van der Waals surface area contributed by atoms with Crippen LogP contribution in [-0.4, -0.2) is 104 Å². The minimum absolute atomic E-state index is 0.371. The highest BCUT2D eigenvalue weighted by atomic mass is 16.7. The second-order valence-electron chi connectivity index (χ2n) is 6.03. The van der Waals surface area contributed by atoms with Crippen molar-refractivity contribution in [2.45, 2.75) is 49.0 Å².